The third-order valence-corrected chi connectivity index (χ3v) is 1.91. The maximum Gasteiger partial charge on any atom is 0.0384 e. The van der Waals surface area contributed by atoms with Gasteiger partial charge in [-0.05, 0) is 12.0 Å². The van der Waals surface area contributed by atoms with Crippen LogP contribution in [0.3, 0.4) is 0 Å². The Morgan fingerprint density at radius 1 is 1.86 bits per heavy atom. The van der Waals surface area contributed by atoms with Gasteiger partial charge in [0.15, 0.2) is 0 Å². The van der Waals surface area contributed by atoms with Crippen molar-refractivity contribution < 1.29 is 0 Å². The fourth-order valence-electron chi connectivity index (χ4n) is 1.31. The van der Waals surface area contributed by atoms with E-state index in [2.05, 4.69) is 12.2 Å². The van der Waals surface area contributed by atoms with Gasteiger partial charge in [0.25, 0.3) is 0 Å². The molecule has 0 aromatic rings. The zero-order valence-corrected chi connectivity index (χ0v) is 4.49. The molecule has 0 aromatic carbocycles. The van der Waals surface area contributed by atoms with Crippen LogP contribution in [0.4, 0.5) is 0 Å². The second kappa shape index (κ2) is 0.857. The van der Waals surface area contributed by atoms with Gasteiger partial charge in [-0.15, -0.1) is 0 Å². The number of nitrogens with one attached hydrogen (secondary N) is 1. The molecule has 2 rings (SSSR count). The lowest BCUT2D eigenvalue weighted by Crippen LogP contribution is -2.12. The van der Waals surface area contributed by atoms with Crippen LogP contribution in [-0.4, -0.2) is 6.54 Å². The lowest BCUT2D eigenvalue weighted by molar-refractivity contribution is 0.823. The van der Waals surface area contributed by atoms with Crippen LogP contribution in [0.25, 0.3) is 0 Å². The van der Waals surface area contributed by atoms with Crippen molar-refractivity contribution >= 4 is 0 Å². The van der Waals surface area contributed by atoms with Gasteiger partial charge in [0, 0.05) is 18.2 Å². The molecule has 38 valence electrons. The van der Waals surface area contributed by atoms with Crippen molar-refractivity contribution in [3.05, 3.63) is 11.3 Å². The molecular weight excluding hydrogens is 86.1 g/mol. The predicted octanol–water partition coefficient (Wildman–Crippen LogP) is 0.883. The highest BCUT2D eigenvalue weighted by molar-refractivity contribution is 5.48. The first-order chi connectivity index (χ1) is 3.43. The van der Waals surface area contributed by atoms with Crippen molar-refractivity contribution in [3.8, 4) is 0 Å². The van der Waals surface area contributed by atoms with E-state index in [1.54, 1.807) is 11.3 Å². The monoisotopic (exact) mass is 95.1 g/mol. The Labute approximate surface area is 43.4 Å². The van der Waals surface area contributed by atoms with Gasteiger partial charge in [-0.3, -0.25) is 0 Å². The zero-order valence-electron chi connectivity index (χ0n) is 4.49. The molecule has 0 bridgehead atoms. The van der Waals surface area contributed by atoms with Crippen LogP contribution < -0.4 is 5.32 Å². The summed E-state index contributed by atoms with van der Waals surface area (Å²) in [5.74, 6) is 0.903. The van der Waals surface area contributed by atoms with Gasteiger partial charge in [0.1, 0.15) is 0 Å². The van der Waals surface area contributed by atoms with Crippen LogP contribution in [0.15, 0.2) is 11.3 Å². The Bertz CT molecular complexity index is 121. The Kier molecular flexibility index (Phi) is 0.432. The summed E-state index contributed by atoms with van der Waals surface area (Å²) in [5.41, 5.74) is 3.25. The van der Waals surface area contributed by atoms with E-state index >= 15 is 0 Å². The van der Waals surface area contributed by atoms with Gasteiger partial charge in [0.05, 0.1) is 0 Å². The summed E-state index contributed by atoms with van der Waals surface area (Å²) in [6.07, 6.45) is 1.32. The van der Waals surface area contributed by atoms with E-state index in [1.807, 2.05) is 0 Å². The fraction of sp³-hybridized carbons (Fsp3) is 0.667. The van der Waals surface area contributed by atoms with Crippen LogP contribution in [0.2, 0.25) is 0 Å². The standard InChI is InChI=1S/C6H9N/c1-2-4-5-3-7-6(4)5/h4,7H,2-3H2,1H3. The molecule has 1 heteroatoms. The molecule has 0 amide bonds. The Morgan fingerprint density at radius 3 is 2.71 bits per heavy atom. The molecule has 0 spiro atoms. The third kappa shape index (κ3) is 0.254. The second-order valence-electron chi connectivity index (χ2n) is 2.25. The van der Waals surface area contributed by atoms with Crippen molar-refractivity contribution in [2.75, 3.05) is 6.54 Å². The van der Waals surface area contributed by atoms with Gasteiger partial charge in [-0.1, -0.05) is 6.92 Å². The Hall–Kier alpha value is -0.460. The summed E-state index contributed by atoms with van der Waals surface area (Å²) >= 11 is 0. The first-order valence-corrected chi connectivity index (χ1v) is 2.90. The average Bonchev–Trinajstić information content (AvgIpc) is 2.07. The summed E-state index contributed by atoms with van der Waals surface area (Å²) in [7, 11) is 0. The van der Waals surface area contributed by atoms with E-state index < -0.39 is 0 Å². The first-order valence-electron chi connectivity index (χ1n) is 2.90. The zero-order chi connectivity index (χ0) is 4.85. The average molecular weight is 95.1 g/mol. The van der Waals surface area contributed by atoms with Crippen LogP contribution in [0.5, 0.6) is 0 Å². The maximum atomic E-state index is 3.26. The van der Waals surface area contributed by atoms with E-state index in [9.17, 15) is 0 Å². The van der Waals surface area contributed by atoms with Gasteiger partial charge in [0.2, 0.25) is 0 Å². The molecule has 1 nitrogen and oxygen atoms in total. The lowest BCUT2D eigenvalue weighted by Gasteiger charge is -1.98. The van der Waals surface area contributed by atoms with E-state index in [0.29, 0.717) is 0 Å². The normalized spacial score (nSPS) is 33.6. The molecule has 0 fully saturated rings. The molecule has 0 radical (unpaired) electrons. The molecule has 1 atom stereocenters. The molecule has 7 heavy (non-hydrogen) atoms. The largest absolute Gasteiger partial charge is 0.384 e. The molecule has 1 unspecified atom stereocenters. The highest BCUT2D eigenvalue weighted by Gasteiger charge is 2.41. The van der Waals surface area contributed by atoms with E-state index in [0.717, 1.165) is 5.92 Å². The highest BCUT2D eigenvalue weighted by atomic mass is 15.0. The van der Waals surface area contributed by atoms with Gasteiger partial charge >= 0.3 is 0 Å². The maximum absolute atomic E-state index is 3.26. The second-order valence-corrected chi connectivity index (χ2v) is 2.25. The Morgan fingerprint density at radius 2 is 2.57 bits per heavy atom. The molecule has 2 aliphatic rings. The van der Waals surface area contributed by atoms with Crippen molar-refractivity contribution in [1.82, 2.24) is 5.32 Å². The first kappa shape index (κ1) is 3.53. The van der Waals surface area contributed by atoms with E-state index in [1.165, 1.54) is 13.0 Å². The number of allylic oxidation sites excluding steroid dienone is 1. The molecule has 1 heterocycles. The van der Waals surface area contributed by atoms with Crippen molar-refractivity contribution in [2.45, 2.75) is 13.3 Å². The number of hydrogen-bond acceptors (Lipinski definition) is 1. The summed E-state index contributed by atoms with van der Waals surface area (Å²) in [5, 5.41) is 3.26. The Balaban J connectivity index is 2.05. The highest BCUT2D eigenvalue weighted by Crippen LogP contribution is 2.45. The molecule has 0 aromatic heterocycles. The lowest BCUT2D eigenvalue weighted by atomic mass is 10.2. The topological polar surface area (TPSA) is 12.0 Å². The predicted molar refractivity (Wildman–Crippen MR) is 28.8 cm³/mol. The summed E-state index contributed by atoms with van der Waals surface area (Å²) < 4.78 is 0. The quantitative estimate of drug-likeness (QED) is 0.510. The van der Waals surface area contributed by atoms with Gasteiger partial charge in [-0.25, -0.2) is 0 Å². The van der Waals surface area contributed by atoms with Crippen molar-refractivity contribution in [1.29, 1.82) is 0 Å². The molecule has 1 aliphatic carbocycles. The van der Waals surface area contributed by atoms with Crippen molar-refractivity contribution in [2.24, 2.45) is 5.92 Å². The SMILES string of the molecule is CCC1C2=C1NC2. The van der Waals surface area contributed by atoms with Gasteiger partial charge in [-0.2, -0.15) is 0 Å². The summed E-state index contributed by atoms with van der Waals surface area (Å²) in [4.78, 5) is 0. The summed E-state index contributed by atoms with van der Waals surface area (Å²) in [6.45, 7) is 3.43. The number of rotatable bonds is 1. The smallest absolute Gasteiger partial charge is 0.0384 e. The van der Waals surface area contributed by atoms with Gasteiger partial charge < -0.3 is 5.32 Å². The summed E-state index contributed by atoms with van der Waals surface area (Å²) in [6, 6.07) is 0. The van der Waals surface area contributed by atoms with Crippen LogP contribution >= 0.6 is 0 Å². The fourth-order valence-corrected chi connectivity index (χ4v) is 1.31. The minimum absolute atomic E-state index is 0.903. The molecule has 0 saturated heterocycles. The third-order valence-electron chi connectivity index (χ3n) is 1.91. The molecule has 1 aliphatic heterocycles. The van der Waals surface area contributed by atoms with Crippen LogP contribution in [-0.2, 0) is 0 Å². The molecule has 1 N–H and O–H groups in total. The van der Waals surface area contributed by atoms with E-state index in [4.69, 9.17) is 0 Å². The molecular formula is C6H9N. The van der Waals surface area contributed by atoms with E-state index in [-0.39, 0.29) is 0 Å². The van der Waals surface area contributed by atoms with Crippen molar-refractivity contribution in [3.63, 3.8) is 0 Å². The van der Waals surface area contributed by atoms with Crippen LogP contribution in [0, 0.1) is 5.92 Å². The minimum atomic E-state index is 0.903. The molecule has 0 saturated carbocycles. The minimum Gasteiger partial charge on any atom is -0.384 e. The number of hydrogen-bond donors (Lipinski definition) is 1. The van der Waals surface area contributed by atoms with Crippen LogP contribution in [0.1, 0.15) is 13.3 Å².